The summed E-state index contributed by atoms with van der Waals surface area (Å²) in [4.78, 5) is 0.551. The Hall–Kier alpha value is -0.390. The minimum atomic E-state index is -3.16. The van der Waals surface area contributed by atoms with Gasteiger partial charge in [0.2, 0.25) is 10.0 Å². The zero-order valence-electron chi connectivity index (χ0n) is 11.6. The second kappa shape index (κ2) is 7.57. The van der Waals surface area contributed by atoms with Crippen LogP contribution in [0.1, 0.15) is 31.2 Å². The first-order chi connectivity index (χ1) is 9.55. The molecule has 5 heteroatoms. The van der Waals surface area contributed by atoms with Crippen LogP contribution in [0.4, 0.5) is 0 Å². The van der Waals surface area contributed by atoms with Crippen molar-refractivity contribution in [2.75, 3.05) is 12.3 Å². The number of aryl methyl sites for hydroxylation is 1. The number of rotatable bonds is 6. The molecule has 0 saturated heterocycles. The van der Waals surface area contributed by atoms with Crippen LogP contribution in [0.25, 0.3) is 0 Å². The van der Waals surface area contributed by atoms with Gasteiger partial charge in [-0.15, -0.1) is 0 Å². The Morgan fingerprint density at radius 3 is 2.65 bits per heavy atom. The van der Waals surface area contributed by atoms with Crippen molar-refractivity contribution in [1.82, 2.24) is 4.72 Å². The Morgan fingerprint density at radius 1 is 1.20 bits per heavy atom. The fourth-order valence-corrected chi connectivity index (χ4v) is 4.62. The molecule has 0 radical (unpaired) electrons. The molecule has 1 N–H and O–H groups in total. The van der Waals surface area contributed by atoms with Gasteiger partial charge in [-0.2, -0.15) is 0 Å². The van der Waals surface area contributed by atoms with E-state index < -0.39 is 10.0 Å². The van der Waals surface area contributed by atoms with Crippen LogP contribution >= 0.6 is 15.9 Å². The molecule has 0 heterocycles. The molecule has 1 aliphatic carbocycles. The monoisotopic (exact) mass is 359 g/mol. The molecule has 2 unspecified atom stereocenters. The summed E-state index contributed by atoms with van der Waals surface area (Å²) in [6.07, 6.45) is 5.16. The van der Waals surface area contributed by atoms with Crippen molar-refractivity contribution >= 4 is 26.0 Å². The largest absolute Gasteiger partial charge is 0.215 e. The van der Waals surface area contributed by atoms with Gasteiger partial charge in [-0.25, -0.2) is 13.1 Å². The molecule has 0 spiro atoms. The summed E-state index contributed by atoms with van der Waals surface area (Å²) in [7, 11) is -3.16. The second-order valence-electron chi connectivity index (χ2n) is 5.53. The third-order valence-electron chi connectivity index (χ3n) is 3.81. The van der Waals surface area contributed by atoms with Gasteiger partial charge < -0.3 is 0 Å². The van der Waals surface area contributed by atoms with Gasteiger partial charge in [0, 0.05) is 11.4 Å². The van der Waals surface area contributed by atoms with E-state index in [0.29, 0.717) is 23.7 Å². The fourth-order valence-electron chi connectivity index (χ4n) is 2.62. The Kier molecular flexibility index (Phi) is 6.05. The van der Waals surface area contributed by atoms with Gasteiger partial charge in [0.25, 0.3) is 0 Å². The maximum absolute atomic E-state index is 12.0. The smallest absolute Gasteiger partial charge is 0.211 e. The third-order valence-corrected chi connectivity index (χ3v) is 5.99. The number of sulfonamides is 1. The molecule has 0 bridgehead atoms. The Morgan fingerprint density at radius 2 is 1.95 bits per heavy atom. The normalized spacial score (nSPS) is 23.6. The van der Waals surface area contributed by atoms with Crippen molar-refractivity contribution in [2.24, 2.45) is 5.92 Å². The van der Waals surface area contributed by atoms with Crippen molar-refractivity contribution < 1.29 is 8.42 Å². The molecule has 1 fully saturated rings. The third kappa shape index (κ3) is 5.54. The number of hydrogen-bond donors (Lipinski definition) is 1. The number of hydrogen-bond acceptors (Lipinski definition) is 2. The van der Waals surface area contributed by atoms with Gasteiger partial charge >= 0.3 is 0 Å². The van der Waals surface area contributed by atoms with E-state index >= 15 is 0 Å². The van der Waals surface area contributed by atoms with E-state index in [9.17, 15) is 8.42 Å². The molecule has 2 atom stereocenters. The van der Waals surface area contributed by atoms with Gasteiger partial charge in [-0.05, 0) is 37.2 Å². The second-order valence-corrected chi connectivity index (χ2v) is 8.75. The Balaban J connectivity index is 1.76. The molecule has 112 valence electrons. The van der Waals surface area contributed by atoms with E-state index in [1.807, 2.05) is 30.3 Å². The number of nitrogens with one attached hydrogen (secondary N) is 1. The van der Waals surface area contributed by atoms with Crippen LogP contribution in [0.5, 0.6) is 0 Å². The molecule has 0 aromatic heterocycles. The van der Waals surface area contributed by atoms with E-state index in [2.05, 4.69) is 20.7 Å². The molecule has 1 saturated carbocycles. The van der Waals surface area contributed by atoms with Crippen LogP contribution < -0.4 is 4.72 Å². The summed E-state index contributed by atoms with van der Waals surface area (Å²) in [6, 6.07) is 9.75. The van der Waals surface area contributed by atoms with Gasteiger partial charge in [0.1, 0.15) is 0 Å². The van der Waals surface area contributed by atoms with E-state index in [1.54, 1.807) is 0 Å². The van der Waals surface area contributed by atoms with Gasteiger partial charge in [-0.1, -0.05) is 52.7 Å². The summed E-state index contributed by atoms with van der Waals surface area (Å²) in [5, 5.41) is 0. The summed E-state index contributed by atoms with van der Waals surface area (Å²) >= 11 is 3.63. The van der Waals surface area contributed by atoms with E-state index in [1.165, 1.54) is 12.8 Å². The van der Waals surface area contributed by atoms with Crippen molar-refractivity contribution in [3.05, 3.63) is 35.9 Å². The maximum atomic E-state index is 12.0. The van der Waals surface area contributed by atoms with Crippen molar-refractivity contribution in [3.63, 3.8) is 0 Å². The summed E-state index contributed by atoms with van der Waals surface area (Å²) < 4.78 is 26.8. The molecular weight excluding hydrogens is 338 g/mol. The molecule has 0 aliphatic heterocycles. The van der Waals surface area contributed by atoms with E-state index in [4.69, 9.17) is 0 Å². The van der Waals surface area contributed by atoms with Crippen LogP contribution in [0, 0.1) is 5.92 Å². The molecule has 3 nitrogen and oxygen atoms in total. The number of alkyl halides is 1. The summed E-state index contributed by atoms with van der Waals surface area (Å²) in [6.45, 7) is 0.583. The quantitative estimate of drug-likeness (QED) is 0.793. The van der Waals surface area contributed by atoms with Crippen LogP contribution in [-0.4, -0.2) is 25.5 Å². The Bertz CT molecular complexity index is 504. The van der Waals surface area contributed by atoms with Crippen LogP contribution in [0.2, 0.25) is 0 Å². The number of benzene rings is 1. The molecule has 20 heavy (non-hydrogen) atoms. The molecule has 1 aromatic rings. The van der Waals surface area contributed by atoms with E-state index in [0.717, 1.165) is 18.4 Å². The molecule has 1 aromatic carbocycles. The first-order valence-corrected chi connectivity index (χ1v) is 9.77. The predicted molar refractivity (Wildman–Crippen MR) is 86.6 cm³/mol. The minimum absolute atomic E-state index is 0.168. The standard InChI is InChI=1S/C15H22BrNO2S/c16-15-8-4-7-14(11-15)12-17-20(18,19)10-9-13-5-2-1-3-6-13/h1-3,5-6,14-15,17H,4,7-12H2. The van der Waals surface area contributed by atoms with Crippen LogP contribution in [0.3, 0.4) is 0 Å². The Labute approximate surface area is 130 Å². The first-order valence-electron chi connectivity index (χ1n) is 7.20. The molecule has 2 rings (SSSR count). The topological polar surface area (TPSA) is 46.2 Å². The van der Waals surface area contributed by atoms with Gasteiger partial charge in [0.15, 0.2) is 0 Å². The average Bonchev–Trinajstić information content (AvgIpc) is 2.45. The van der Waals surface area contributed by atoms with Crippen molar-refractivity contribution in [3.8, 4) is 0 Å². The zero-order valence-corrected chi connectivity index (χ0v) is 14.0. The van der Waals surface area contributed by atoms with Gasteiger partial charge in [-0.3, -0.25) is 0 Å². The lowest BCUT2D eigenvalue weighted by Crippen LogP contribution is -2.33. The summed E-state index contributed by atoms with van der Waals surface area (Å²) in [5.41, 5.74) is 1.07. The summed E-state index contributed by atoms with van der Waals surface area (Å²) in [5.74, 6) is 0.640. The highest BCUT2D eigenvalue weighted by Crippen LogP contribution is 2.28. The number of halogens is 1. The highest BCUT2D eigenvalue weighted by molar-refractivity contribution is 9.09. The van der Waals surface area contributed by atoms with E-state index in [-0.39, 0.29) is 5.75 Å². The van der Waals surface area contributed by atoms with Crippen molar-refractivity contribution in [2.45, 2.75) is 36.9 Å². The van der Waals surface area contributed by atoms with Crippen LogP contribution in [0.15, 0.2) is 30.3 Å². The lowest BCUT2D eigenvalue weighted by molar-refractivity contribution is 0.368. The minimum Gasteiger partial charge on any atom is -0.215 e. The highest BCUT2D eigenvalue weighted by Gasteiger charge is 2.21. The lowest BCUT2D eigenvalue weighted by Gasteiger charge is -2.25. The molecular formula is C15H22BrNO2S. The highest BCUT2D eigenvalue weighted by atomic mass is 79.9. The lowest BCUT2D eigenvalue weighted by atomic mass is 9.89. The predicted octanol–water partition coefficient (Wildman–Crippen LogP) is 3.10. The average molecular weight is 360 g/mol. The molecule has 0 amide bonds. The zero-order chi connectivity index (χ0) is 14.4. The van der Waals surface area contributed by atoms with Crippen molar-refractivity contribution in [1.29, 1.82) is 0 Å². The first kappa shape index (κ1) is 16.0. The molecule has 1 aliphatic rings. The van der Waals surface area contributed by atoms with Crippen LogP contribution in [-0.2, 0) is 16.4 Å². The van der Waals surface area contributed by atoms with Gasteiger partial charge in [0.05, 0.1) is 5.75 Å². The maximum Gasteiger partial charge on any atom is 0.211 e. The SMILES string of the molecule is O=S(=O)(CCc1ccccc1)NCC1CCCC(Br)C1. The fraction of sp³-hybridized carbons (Fsp3) is 0.600.